The van der Waals surface area contributed by atoms with E-state index in [1.54, 1.807) is 38.1 Å². The zero-order chi connectivity index (χ0) is 18.9. The Balaban J connectivity index is 2.01. The number of carbonyl (C=O) groups excluding carboxylic acids is 1. The van der Waals surface area contributed by atoms with Gasteiger partial charge in [-0.3, -0.25) is 4.79 Å². The van der Waals surface area contributed by atoms with Crippen molar-refractivity contribution in [2.75, 3.05) is 20.2 Å². The van der Waals surface area contributed by atoms with Gasteiger partial charge in [-0.2, -0.15) is 14.1 Å². The van der Waals surface area contributed by atoms with Crippen molar-refractivity contribution in [3.63, 3.8) is 0 Å². The van der Waals surface area contributed by atoms with Gasteiger partial charge in [-0.1, -0.05) is 12.5 Å². The number of ether oxygens (including phenoxy) is 1. The van der Waals surface area contributed by atoms with Crippen LogP contribution in [0.25, 0.3) is 0 Å². The maximum absolute atomic E-state index is 13.0. The minimum absolute atomic E-state index is 0.135. The Labute approximate surface area is 153 Å². The summed E-state index contributed by atoms with van der Waals surface area (Å²) in [5.41, 5.74) is 1.06. The third-order valence-corrected chi connectivity index (χ3v) is 6.80. The van der Waals surface area contributed by atoms with Crippen LogP contribution >= 0.6 is 0 Å². The lowest BCUT2D eigenvalue weighted by Gasteiger charge is -2.25. The van der Waals surface area contributed by atoms with Crippen LogP contribution in [0.1, 0.15) is 41.0 Å². The number of carbonyl (C=O) groups is 1. The molecule has 2 heterocycles. The highest BCUT2D eigenvalue weighted by atomic mass is 32.2. The molecule has 1 fully saturated rings. The first kappa shape index (κ1) is 18.6. The molecule has 1 saturated heterocycles. The topological polar surface area (TPSA) is 81.5 Å². The summed E-state index contributed by atoms with van der Waals surface area (Å²) >= 11 is 0. The Morgan fingerprint density at radius 2 is 1.85 bits per heavy atom. The van der Waals surface area contributed by atoms with E-state index in [1.807, 2.05) is 0 Å². The molecule has 3 rings (SSSR count). The maximum Gasteiger partial charge on any atom is 0.278 e. The van der Waals surface area contributed by atoms with E-state index in [2.05, 4.69) is 5.10 Å². The van der Waals surface area contributed by atoms with Crippen molar-refractivity contribution in [3.05, 3.63) is 41.2 Å². The molecule has 0 radical (unpaired) electrons. The number of benzene rings is 1. The molecule has 7 nitrogen and oxygen atoms in total. The van der Waals surface area contributed by atoms with Gasteiger partial charge >= 0.3 is 0 Å². The third kappa shape index (κ3) is 3.26. The molecular formula is C18H23N3O4S. The number of aryl methyl sites for hydroxylation is 1. The zero-order valence-electron chi connectivity index (χ0n) is 15.2. The van der Waals surface area contributed by atoms with Crippen molar-refractivity contribution >= 4 is 15.9 Å². The first-order valence-corrected chi connectivity index (χ1v) is 10.1. The Morgan fingerprint density at radius 1 is 1.15 bits per heavy atom. The highest BCUT2D eigenvalue weighted by Gasteiger charge is 2.32. The summed E-state index contributed by atoms with van der Waals surface area (Å²) < 4.78 is 33.9. The molecule has 1 aliphatic heterocycles. The van der Waals surface area contributed by atoms with Gasteiger partial charge in [0.05, 0.1) is 18.5 Å². The fourth-order valence-electron chi connectivity index (χ4n) is 3.31. The van der Waals surface area contributed by atoms with Crippen LogP contribution in [0.2, 0.25) is 0 Å². The Morgan fingerprint density at radius 3 is 2.50 bits per heavy atom. The number of sulfonamides is 1. The fourth-order valence-corrected chi connectivity index (χ4v) is 5.18. The lowest BCUT2D eigenvalue weighted by Crippen LogP contribution is -2.36. The minimum Gasteiger partial charge on any atom is -0.497 e. The molecule has 0 saturated carbocycles. The van der Waals surface area contributed by atoms with Gasteiger partial charge in [0.25, 0.3) is 5.91 Å². The van der Waals surface area contributed by atoms with Crippen LogP contribution in [0, 0.1) is 13.8 Å². The second-order valence-corrected chi connectivity index (χ2v) is 8.29. The summed E-state index contributed by atoms with van der Waals surface area (Å²) in [7, 11) is -2.13. The monoisotopic (exact) mass is 377 g/mol. The van der Waals surface area contributed by atoms with Crippen LogP contribution in [0.4, 0.5) is 0 Å². The van der Waals surface area contributed by atoms with Gasteiger partial charge in [-0.15, -0.1) is 0 Å². The lowest BCUT2D eigenvalue weighted by atomic mass is 10.2. The largest absolute Gasteiger partial charge is 0.497 e. The summed E-state index contributed by atoms with van der Waals surface area (Å²) in [4.78, 5) is 13.0. The van der Waals surface area contributed by atoms with E-state index in [4.69, 9.17) is 4.74 Å². The first-order chi connectivity index (χ1) is 12.4. The average molecular weight is 377 g/mol. The van der Waals surface area contributed by atoms with Crippen LogP contribution in [0.3, 0.4) is 0 Å². The van der Waals surface area contributed by atoms with Crippen molar-refractivity contribution < 1.29 is 17.9 Å². The summed E-state index contributed by atoms with van der Waals surface area (Å²) in [5, 5.41) is 4.22. The lowest BCUT2D eigenvalue weighted by molar-refractivity contribution is 0.0941. The first-order valence-electron chi connectivity index (χ1n) is 8.61. The zero-order valence-corrected chi connectivity index (χ0v) is 16.0. The van der Waals surface area contributed by atoms with Crippen molar-refractivity contribution in [1.29, 1.82) is 0 Å². The van der Waals surface area contributed by atoms with Gasteiger partial charge < -0.3 is 4.74 Å². The summed E-state index contributed by atoms with van der Waals surface area (Å²) in [6.45, 7) is 4.26. The van der Waals surface area contributed by atoms with E-state index in [0.29, 0.717) is 35.8 Å². The van der Waals surface area contributed by atoms with E-state index >= 15 is 0 Å². The molecule has 140 valence electrons. The normalized spacial score (nSPS) is 15.8. The second kappa shape index (κ2) is 7.20. The molecule has 0 aliphatic carbocycles. The highest BCUT2D eigenvalue weighted by Crippen LogP contribution is 2.26. The molecule has 0 unspecified atom stereocenters. The van der Waals surface area contributed by atoms with Gasteiger partial charge in [0.1, 0.15) is 10.6 Å². The number of hydrogen-bond acceptors (Lipinski definition) is 5. The molecule has 1 aromatic carbocycles. The van der Waals surface area contributed by atoms with Crippen molar-refractivity contribution in [2.24, 2.45) is 0 Å². The molecule has 0 spiro atoms. The number of hydrogen-bond donors (Lipinski definition) is 0. The SMILES string of the molecule is COc1cccc(C(=O)n2nc(C)c(S(=O)(=O)N3CCCCC3)c2C)c1. The van der Waals surface area contributed by atoms with E-state index in [0.717, 1.165) is 19.3 Å². The number of rotatable bonds is 4. The number of nitrogens with zero attached hydrogens (tertiary/aromatic N) is 3. The average Bonchev–Trinajstić information content (AvgIpc) is 2.96. The molecule has 8 heteroatoms. The second-order valence-electron chi connectivity index (χ2n) is 6.41. The summed E-state index contributed by atoms with van der Waals surface area (Å²) in [5.74, 6) is 0.170. The molecular weight excluding hydrogens is 354 g/mol. The number of piperidine rings is 1. The highest BCUT2D eigenvalue weighted by molar-refractivity contribution is 7.89. The van der Waals surface area contributed by atoms with Gasteiger partial charge in [0, 0.05) is 18.7 Å². The molecule has 1 aromatic heterocycles. The Bertz CT molecular complexity index is 928. The van der Waals surface area contributed by atoms with Gasteiger partial charge in [-0.25, -0.2) is 8.42 Å². The van der Waals surface area contributed by atoms with Crippen molar-refractivity contribution in [3.8, 4) is 5.75 Å². The van der Waals surface area contributed by atoms with Crippen LogP contribution in [-0.2, 0) is 10.0 Å². The van der Waals surface area contributed by atoms with Crippen LogP contribution in [0.5, 0.6) is 5.75 Å². The fraction of sp³-hybridized carbons (Fsp3) is 0.444. The summed E-state index contributed by atoms with van der Waals surface area (Å²) in [6.07, 6.45) is 2.75. The van der Waals surface area contributed by atoms with E-state index in [9.17, 15) is 13.2 Å². The van der Waals surface area contributed by atoms with Gasteiger partial charge in [0.15, 0.2) is 0 Å². The predicted molar refractivity (Wildman–Crippen MR) is 97.0 cm³/mol. The van der Waals surface area contributed by atoms with Gasteiger partial charge in [0.2, 0.25) is 10.0 Å². The molecule has 0 atom stereocenters. The van der Waals surface area contributed by atoms with Gasteiger partial charge in [-0.05, 0) is 44.9 Å². The Hall–Kier alpha value is -2.19. The minimum atomic E-state index is -3.66. The van der Waals surface area contributed by atoms with Crippen LogP contribution in [-0.4, -0.2) is 48.6 Å². The van der Waals surface area contributed by atoms with Crippen LogP contribution in [0.15, 0.2) is 29.2 Å². The predicted octanol–water partition coefficient (Wildman–Crippen LogP) is 2.37. The molecule has 0 bridgehead atoms. The maximum atomic E-state index is 13.0. The number of aromatic nitrogens is 2. The molecule has 0 amide bonds. The molecule has 0 N–H and O–H groups in total. The molecule has 26 heavy (non-hydrogen) atoms. The Kier molecular flexibility index (Phi) is 5.15. The smallest absolute Gasteiger partial charge is 0.278 e. The quantitative estimate of drug-likeness (QED) is 0.817. The van der Waals surface area contributed by atoms with Crippen molar-refractivity contribution in [1.82, 2.24) is 14.1 Å². The van der Waals surface area contributed by atoms with E-state index in [1.165, 1.54) is 16.1 Å². The molecule has 1 aliphatic rings. The third-order valence-electron chi connectivity index (χ3n) is 4.65. The van der Waals surface area contributed by atoms with E-state index in [-0.39, 0.29) is 10.8 Å². The standard InChI is InChI=1S/C18H23N3O4S/c1-13-17(26(23,24)20-10-5-4-6-11-20)14(2)21(19-13)18(22)15-8-7-9-16(12-15)25-3/h7-9,12H,4-6,10-11H2,1-3H3. The number of methoxy groups -OCH3 is 1. The summed E-state index contributed by atoms with van der Waals surface area (Å²) in [6, 6.07) is 6.71. The molecule has 2 aromatic rings. The van der Waals surface area contributed by atoms with E-state index < -0.39 is 10.0 Å². The van der Waals surface area contributed by atoms with Crippen LogP contribution < -0.4 is 4.74 Å². The van der Waals surface area contributed by atoms with Crippen molar-refractivity contribution in [2.45, 2.75) is 38.0 Å².